The fourth-order valence-electron chi connectivity index (χ4n) is 1.91. The minimum atomic E-state index is 0.0748. The quantitative estimate of drug-likeness (QED) is 0.652. The molecule has 1 atom stereocenters. The molecule has 1 nitrogen and oxygen atoms in total. The zero-order valence-corrected chi connectivity index (χ0v) is 9.19. The van der Waals surface area contributed by atoms with Gasteiger partial charge >= 0.3 is 0 Å². The Kier molecular flexibility index (Phi) is 5.56. The summed E-state index contributed by atoms with van der Waals surface area (Å²) in [5.41, 5.74) is 6.25. The van der Waals surface area contributed by atoms with Crippen molar-refractivity contribution in [3.63, 3.8) is 0 Å². The molecule has 0 heterocycles. The van der Waals surface area contributed by atoms with Crippen LogP contribution in [0.2, 0.25) is 0 Å². The van der Waals surface area contributed by atoms with E-state index in [1.54, 1.807) is 0 Å². The molecule has 0 spiro atoms. The van der Waals surface area contributed by atoms with Crippen LogP contribution in [0.1, 0.15) is 59.8 Å². The number of hydrogen-bond donors (Lipinski definition) is 1. The van der Waals surface area contributed by atoms with E-state index in [4.69, 9.17) is 5.73 Å². The smallest absolute Gasteiger partial charge is 0.0128 e. The Morgan fingerprint density at radius 1 is 1.17 bits per heavy atom. The molecule has 12 heavy (non-hydrogen) atoms. The Morgan fingerprint density at radius 3 is 2.00 bits per heavy atom. The van der Waals surface area contributed by atoms with Crippen LogP contribution >= 0.6 is 0 Å². The van der Waals surface area contributed by atoms with E-state index in [-0.39, 0.29) is 5.54 Å². The van der Waals surface area contributed by atoms with Gasteiger partial charge in [0, 0.05) is 5.54 Å². The molecule has 74 valence electrons. The molecule has 1 heteroatoms. The van der Waals surface area contributed by atoms with E-state index in [1.807, 2.05) is 0 Å². The van der Waals surface area contributed by atoms with Gasteiger partial charge in [-0.15, -0.1) is 0 Å². The second-order valence-corrected chi connectivity index (χ2v) is 4.29. The average molecular weight is 171 g/mol. The van der Waals surface area contributed by atoms with Gasteiger partial charge in [-0.1, -0.05) is 40.0 Å². The van der Waals surface area contributed by atoms with Crippen LogP contribution in [0.15, 0.2) is 0 Å². The first-order valence-electron chi connectivity index (χ1n) is 5.34. The summed E-state index contributed by atoms with van der Waals surface area (Å²) in [5.74, 6) is 0.826. The van der Waals surface area contributed by atoms with Crippen molar-refractivity contribution in [1.82, 2.24) is 0 Å². The summed E-state index contributed by atoms with van der Waals surface area (Å²) in [7, 11) is 0. The summed E-state index contributed by atoms with van der Waals surface area (Å²) in [6, 6.07) is 0. The molecule has 0 rings (SSSR count). The monoisotopic (exact) mass is 171 g/mol. The Morgan fingerprint density at radius 2 is 1.67 bits per heavy atom. The standard InChI is InChI=1S/C11H25N/c1-5-8-11(4,12)9-10(6-2)7-3/h10H,5-9,12H2,1-4H3. The Balaban J connectivity index is 3.84. The molecule has 0 bridgehead atoms. The molecule has 0 saturated carbocycles. The van der Waals surface area contributed by atoms with Gasteiger partial charge in [0.05, 0.1) is 0 Å². The zero-order valence-electron chi connectivity index (χ0n) is 9.19. The summed E-state index contributed by atoms with van der Waals surface area (Å²) in [4.78, 5) is 0. The van der Waals surface area contributed by atoms with Crippen molar-refractivity contribution in [2.75, 3.05) is 0 Å². The Bertz CT molecular complexity index is 104. The van der Waals surface area contributed by atoms with E-state index < -0.39 is 0 Å². The van der Waals surface area contributed by atoms with Crippen LogP contribution in [0.3, 0.4) is 0 Å². The lowest BCUT2D eigenvalue weighted by Crippen LogP contribution is -2.37. The molecular formula is C11H25N. The molecule has 0 aliphatic heterocycles. The first-order valence-corrected chi connectivity index (χ1v) is 5.34. The maximum absolute atomic E-state index is 6.18. The van der Waals surface area contributed by atoms with Crippen molar-refractivity contribution in [3.8, 4) is 0 Å². The van der Waals surface area contributed by atoms with E-state index in [1.165, 1.54) is 25.7 Å². The van der Waals surface area contributed by atoms with Crippen LogP contribution in [0.4, 0.5) is 0 Å². The Labute approximate surface area is 77.7 Å². The highest BCUT2D eigenvalue weighted by atomic mass is 14.7. The first kappa shape index (κ1) is 12.0. The third kappa shape index (κ3) is 4.76. The van der Waals surface area contributed by atoms with Crippen molar-refractivity contribution < 1.29 is 0 Å². The molecule has 0 amide bonds. The number of rotatable bonds is 6. The van der Waals surface area contributed by atoms with Crippen LogP contribution in [-0.4, -0.2) is 5.54 Å². The molecule has 0 aromatic heterocycles. The summed E-state index contributed by atoms with van der Waals surface area (Å²) in [5, 5.41) is 0. The van der Waals surface area contributed by atoms with Gasteiger partial charge in [-0.3, -0.25) is 0 Å². The molecule has 2 N–H and O–H groups in total. The highest BCUT2D eigenvalue weighted by Gasteiger charge is 2.20. The van der Waals surface area contributed by atoms with Crippen LogP contribution in [0.25, 0.3) is 0 Å². The highest BCUT2D eigenvalue weighted by Crippen LogP contribution is 2.23. The van der Waals surface area contributed by atoms with Crippen molar-refractivity contribution >= 4 is 0 Å². The van der Waals surface area contributed by atoms with E-state index >= 15 is 0 Å². The summed E-state index contributed by atoms with van der Waals surface area (Å²) in [6.45, 7) is 8.92. The number of hydrogen-bond acceptors (Lipinski definition) is 1. The largest absolute Gasteiger partial charge is 0.325 e. The van der Waals surface area contributed by atoms with Crippen molar-refractivity contribution in [1.29, 1.82) is 0 Å². The normalized spacial score (nSPS) is 16.5. The maximum Gasteiger partial charge on any atom is 0.0128 e. The van der Waals surface area contributed by atoms with E-state index in [2.05, 4.69) is 27.7 Å². The van der Waals surface area contributed by atoms with Crippen LogP contribution in [-0.2, 0) is 0 Å². The van der Waals surface area contributed by atoms with Gasteiger partial charge in [-0.25, -0.2) is 0 Å². The minimum absolute atomic E-state index is 0.0748. The van der Waals surface area contributed by atoms with Crippen LogP contribution in [0.5, 0.6) is 0 Å². The third-order valence-corrected chi connectivity index (χ3v) is 2.73. The van der Waals surface area contributed by atoms with E-state index in [0.717, 1.165) is 12.3 Å². The molecular weight excluding hydrogens is 146 g/mol. The highest BCUT2D eigenvalue weighted by molar-refractivity contribution is 4.80. The first-order chi connectivity index (χ1) is 5.55. The number of nitrogens with two attached hydrogens (primary N) is 1. The molecule has 0 aromatic rings. The van der Waals surface area contributed by atoms with E-state index in [0.29, 0.717) is 0 Å². The predicted molar refractivity (Wildman–Crippen MR) is 56.2 cm³/mol. The maximum atomic E-state index is 6.18. The topological polar surface area (TPSA) is 26.0 Å². The fraction of sp³-hybridized carbons (Fsp3) is 1.00. The molecule has 0 saturated heterocycles. The summed E-state index contributed by atoms with van der Waals surface area (Å²) < 4.78 is 0. The average Bonchev–Trinajstić information content (AvgIpc) is 2.00. The van der Waals surface area contributed by atoms with Gasteiger partial charge in [0.15, 0.2) is 0 Å². The predicted octanol–water partition coefficient (Wildman–Crippen LogP) is 3.33. The third-order valence-electron chi connectivity index (χ3n) is 2.73. The second-order valence-electron chi connectivity index (χ2n) is 4.29. The van der Waals surface area contributed by atoms with Gasteiger partial charge in [0.2, 0.25) is 0 Å². The lowest BCUT2D eigenvalue weighted by molar-refractivity contribution is 0.305. The Hall–Kier alpha value is -0.0400. The van der Waals surface area contributed by atoms with Gasteiger partial charge in [0.25, 0.3) is 0 Å². The van der Waals surface area contributed by atoms with Gasteiger partial charge in [-0.05, 0) is 25.7 Å². The van der Waals surface area contributed by atoms with Gasteiger partial charge in [0.1, 0.15) is 0 Å². The minimum Gasteiger partial charge on any atom is -0.325 e. The molecule has 0 aromatic carbocycles. The summed E-state index contributed by atoms with van der Waals surface area (Å²) in [6.07, 6.45) is 6.09. The lowest BCUT2D eigenvalue weighted by atomic mass is 9.84. The fourth-order valence-corrected chi connectivity index (χ4v) is 1.91. The summed E-state index contributed by atoms with van der Waals surface area (Å²) >= 11 is 0. The van der Waals surface area contributed by atoms with Crippen molar-refractivity contribution in [2.45, 2.75) is 65.3 Å². The molecule has 0 aliphatic rings. The lowest BCUT2D eigenvalue weighted by Gasteiger charge is -2.28. The second kappa shape index (κ2) is 5.58. The van der Waals surface area contributed by atoms with Crippen LogP contribution in [0, 0.1) is 5.92 Å². The van der Waals surface area contributed by atoms with Crippen molar-refractivity contribution in [3.05, 3.63) is 0 Å². The van der Waals surface area contributed by atoms with Crippen LogP contribution < -0.4 is 5.73 Å². The van der Waals surface area contributed by atoms with Gasteiger partial charge < -0.3 is 5.73 Å². The van der Waals surface area contributed by atoms with Crippen molar-refractivity contribution in [2.24, 2.45) is 11.7 Å². The molecule has 0 aliphatic carbocycles. The SMILES string of the molecule is CCCC(C)(N)CC(CC)CC. The van der Waals surface area contributed by atoms with Gasteiger partial charge in [-0.2, -0.15) is 0 Å². The molecule has 0 fully saturated rings. The molecule has 0 radical (unpaired) electrons. The zero-order chi connectivity index (χ0) is 9.61. The van der Waals surface area contributed by atoms with E-state index in [9.17, 15) is 0 Å². The molecule has 1 unspecified atom stereocenters.